The van der Waals surface area contributed by atoms with Crippen molar-refractivity contribution in [2.45, 2.75) is 153 Å². The molecule has 3 aliphatic rings. The van der Waals surface area contributed by atoms with Crippen molar-refractivity contribution in [3.8, 4) is 52.8 Å². The van der Waals surface area contributed by atoms with Gasteiger partial charge < -0.3 is 89.8 Å². The van der Waals surface area contributed by atoms with Crippen LogP contribution in [0.1, 0.15) is 89.2 Å². The van der Waals surface area contributed by atoms with Gasteiger partial charge >= 0.3 is 57.8 Å². The maximum Gasteiger partial charge on any atom is 0.380 e. The smallest absolute Gasteiger partial charge is 0.380 e. The van der Waals surface area contributed by atoms with E-state index in [1.165, 1.54) is 69.3 Å². The highest BCUT2D eigenvalue weighted by atomic mass is 31.2. The van der Waals surface area contributed by atoms with Crippen LogP contribution in [0, 0.1) is 59.1 Å². The predicted molar refractivity (Wildman–Crippen MR) is 408 cm³/mol. The van der Waals surface area contributed by atoms with Crippen molar-refractivity contribution in [1.82, 2.24) is 38.9 Å². The number of hydrogen-bond acceptors (Lipinski definition) is 35. The number of hydrogen-bond donors (Lipinski definition) is 9. The lowest BCUT2D eigenvalue weighted by atomic mass is 9.94. The standard InChI is InChI=1S/C25H30F2N3O9P.2C24H30FN4O9P/c1-15(2)37-22(32)16(3)14-40(35,39-17-8-5-4-6-9-17)36-13-19-20(31)25(34,10-7-11-26)23(38-19)30-12-18(27)21(28)29-24(30)33;1-15(2)36-21(31)16(3)14-39(34,38-17-8-5-4-6-9-17)35-13-18-20(30)24(33,10-7-11-25)22(37-18)29-23(32)28-19(26)12-27-29;1-15(2)36-20(31)16(3)13-39(34,38-17-8-5-4-6-9-17)35-12-18-19(30)24(33,10-7-11-25)21(37-18)29-14-27-22(26)28-23(29)32/h4-6,8-9,12,15-16,19-20,23,31,34H,11,13-14H2,1-3H3,(H2,28,29,33);4-6,8-9,12,15-16,18,20,22,30,33H,11,13-14H2,1-3H3,(H2,26,28,32);4-6,8-9,14-16,18-19,21,30,33H,11-13H2,1-3H3,(H2,26,28,32)/t16-,19-,20+,23-,25?,40+;16-,18-,20+,22-,24?,39+;16-,18-,19+,21-,24?,39+/m111/s1/i2*13D2;12D2. The monoisotopic (exact) mass is 1730 g/mol. The van der Waals surface area contributed by atoms with Gasteiger partial charge in [-0.3, -0.25) is 37.1 Å². The Balaban J connectivity index is 0.000000256. The van der Waals surface area contributed by atoms with Gasteiger partial charge in [-0.05, 0) is 77.9 Å². The zero-order valence-electron chi connectivity index (χ0n) is 70.2. The van der Waals surface area contributed by atoms with Crippen LogP contribution < -0.4 is 47.8 Å². The van der Waals surface area contributed by atoms with Crippen molar-refractivity contribution in [3.63, 3.8) is 0 Å². The summed E-state index contributed by atoms with van der Waals surface area (Å²) in [5, 5.41) is 70.3. The second-order valence-electron chi connectivity index (χ2n) is 26.7. The Labute approximate surface area is 680 Å². The maximum absolute atomic E-state index is 14.2. The normalized spacial score (nSPS) is 25.9. The zero-order chi connectivity index (χ0) is 92.6. The molecule has 3 aromatic heterocycles. The van der Waals surface area contributed by atoms with E-state index in [0.29, 0.717) is 20.0 Å². The van der Waals surface area contributed by atoms with E-state index in [-0.39, 0.29) is 23.1 Å². The minimum absolute atomic E-state index is 0.0100. The Morgan fingerprint density at radius 1 is 0.525 bits per heavy atom. The Kier molecular flexibility index (Phi) is 30.6. The summed E-state index contributed by atoms with van der Waals surface area (Å²) in [6.07, 6.45) is -21.2. The molecule has 3 aliphatic heterocycles. The number of rotatable bonds is 30. The van der Waals surface area contributed by atoms with Gasteiger partial charge in [-0.1, -0.05) is 111 Å². The predicted octanol–water partition coefficient (Wildman–Crippen LogP) is 3.92. The molecule has 0 aliphatic carbocycles. The van der Waals surface area contributed by atoms with Gasteiger partial charge in [0.2, 0.25) is 11.5 Å². The number of ether oxygens (including phenoxy) is 6. The molecule has 0 bridgehead atoms. The van der Waals surface area contributed by atoms with Crippen molar-refractivity contribution < 1.29 is 140 Å². The van der Waals surface area contributed by atoms with Crippen LogP contribution in [-0.2, 0) is 70.1 Å². The molecule has 0 radical (unpaired) electrons. The minimum Gasteiger partial charge on any atom is -0.463 e. The number of nitrogen functional groups attached to an aromatic ring is 3. The fourth-order valence-corrected chi connectivity index (χ4v) is 15.8. The van der Waals surface area contributed by atoms with Crippen molar-refractivity contribution >= 4 is 58.3 Å². The van der Waals surface area contributed by atoms with E-state index in [0.717, 1.165) is 12.5 Å². The van der Waals surface area contributed by atoms with Crippen molar-refractivity contribution in [2.75, 3.05) is 75.4 Å². The first-order chi connectivity index (χ1) is 57.8. The molecule has 3 fully saturated rings. The summed E-state index contributed by atoms with van der Waals surface area (Å²) in [4.78, 5) is 88.4. The van der Waals surface area contributed by atoms with Crippen LogP contribution in [0.15, 0.2) is 124 Å². The fourth-order valence-electron chi connectivity index (χ4n) is 10.6. The van der Waals surface area contributed by atoms with E-state index in [4.69, 9.17) is 81.0 Å². The molecule has 12 N–H and O–H groups in total. The molecule has 3 saturated heterocycles. The van der Waals surface area contributed by atoms with Crippen LogP contribution in [0.2, 0.25) is 0 Å². The van der Waals surface area contributed by atoms with Crippen molar-refractivity contribution in [3.05, 3.63) is 147 Å². The Morgan fingerprint density at radius 3 is 1.19 bits per heavy atom. The average molecular weight is 1730 g/mol. The molecule has 3 unspecified atom stereocenters. The van der Waals surface area contributed by atoms with Crippen LogP contribution in [0.25, 0.3) is 0 Å². The van der Waals surface area contributed by atoms with E-state index < -0.39 is 242 Å². The molecule has 45 heteroatoms. The molecule has 118 heavy (non-hydrogen) atoms. The first-order valence-electron chi connectivity index (χ1n) is 38.3. The number of para-hydroxylation sites is 3. The van der Waals surface area contributed by atoms with E-state index >= 15 is 0 Å². The molecule has 6 heterocycles. The highest BCUT2D eigenvalue weighted by Crippen LogP contribution is 2.54. The number of aliphatic hydroxyl groups is 6. The van der Waals surface area contributed by atoms with Gasteiger partial charge in [0.05, 0.1) is 94.8 Å². The Bertz CT molecular complexity index is 5070. The second kappa shape index (κ2) is 42.1. The summed E-state index contributed by atoms with van der Waals surface area (Å²) in [6.45, 7) is 0.0676. The lowest BCUT2D eigenvalue weighted by Gasteiger charge is -2.26. The highest BCUT2D eigenvalue weighted by Gasteiger charge is 2.60. The second-order valence-corrected chi connectivity index (χ2v) is 32.6. The average Bonchev–Trinajstić information content (AvgIpc) is 1.79. The largest absolute Gasteiger partial charge is 0.463 e. The molecular weight excluding hydrogens is 1630 g/mol. The highest BCUT2D eigenvalue weighted by molar-refractivity contribution is 7.55. The quantitative estimate of drug-likeness (QED) is 0.0101. The van der Waals surface area contributed by atoms with Gasteiger partial charge in [0.25, 0.3) is 0 Å². The number of esters is 3. The fraction of sp³-hybridized carbons (Fsp3) is 0.493. The van der Waals surface area contributed by atoms with Gasteiger partial charge in [0.1, 0.15) is 86.0 Å². The third-order valence-electron chi connectivity index (χ3n) is 16.0. The molecule has 642 valence electrons. The molecular formula is C73H90F4N11O27P3. The summed E-state index contributed by atoms with van der Waals surface area (Å²) in [6, 6.07) is 22.6. The number of halogens is 4. The van der Waals surface area contributed by atoms with Gasteiger partial charge in [-0.15, -0.1) is 0 Å². The third kappa shape index (κ3) is 25.3. The molecule has 0 spiro atoms. The summed E-state index contributed by atoms with van der Waals surface area (Å²) in [7, 11) is -13.9. The topological polar surface area (TPSA) is 543 Å². The molecule has 9 rings (SSSR count). The first kappa shape index (κ1) is 85.8. The summed E-state index contributed by atoms with van der Waals surface area (Å²) >= 11 is 0. The number of benzene rings is 3. The summed E-state index contributed by atoms with van der Waals surface area (Å²) < 4.78 is 212. The molecule has 18 atom stereocenters. The van der Waals surface area contributed by atoms with Crippen LogP contribution in [0.4, 0.5) is 35.1 Å². The van der Waals surface area contributed by atoms with Crippen LogP contribution in [0.5, 0.6) is 17.2 Å². The Morgan fingerprint density at radius 2 is 0.856 bits per heavy atom. The number of carbonyl (C=O) groups excluding carboxylic acids is 3. The summed E-state index contributed by atoms with van der Waals surface area (Å²) in [5.41, 5.74) is 4.01. The number of aliphatic hydroxyl groups excluding tert-OH is 3. The molecule has 38 nitrogen and oxygen atoms in total. The van der Waals surface area contributed by atoms with Crippen LogP contribution >= 0.6 is 22.8 Å². The zero-order valence-corrected chi connectivity index (χ0v) is 66.9. The lowest BCUT2D eigenvalue weighted by molar-refractivity contribution is -0.152. The van der Waals surface area contributed by atoms with Gasteiger partial charge in [-0.25, -0.2) is 50.6 Å². The lowest BCUT2D eigenvalue weighted by Crippen LogP contribution is -2.48. The molecule has 0 amide bonds. The van der Waals surface area contributed by atoms with Gasteiger partial charge in [0, 0.05) is 0 Å². The van der Waals surface area contributed by atoms with E-state index in [1.807, 2.05) is 35.5 Å². The number of anilines is 3. The minimum atomic E-state index is -4.68. The van der Waals surface area contributed by atoms with E-state index in [1.54, 1.807) is 84.0 Å². The van der Waals surface area contributed by atoms with Gasteiger partial charge in [-0.2, -0.15) is 24.7 Å². The summed E-state index contributed by atoms with van der Waals surface area (Å²) in [5.74, 6) is 3.37. The molecule has 6 aromatic rings. The van der Waals surface area contributed by atoms with Crippen LogP contribution in [0.3, 0.4) is 0 Å². The molecule has 0 saturated carbocycles. The number of carbonyl (C=O) groups is 3. The third-order valence-corrected chi connectivity index (χ3v) is 21.6. The molecule has 3 aromatic carbocycles. The number of alkyl halides is 3. The first-order valence-corrected chi connectivity index (χ1v) is 40.5. The number of aromatic nitrogens is 8. The SMILES string of the molecule is [2H]C([2H])(O[P@@](=O)(C[C@@H](C)C(=O)OC(C)C)Oc1ccccc1)[C@H]1O[C@@H](n2cc(F)c(N)nc2=O)C(O)(C#CCF)[C@H]1O.[2H]C([2H])(O[P@@](=O)(C[C@@H](C)C(=O)OC(C)C)Oc1ccccc1)[C@H]1O[C@@H](n2cnc(N)nc2=O)C(O)(C#CCF)[C@H]1O.[2H]C([2H])(O[P@@](=O)(C[C@@H](C)C(=O)OC(C)C)Oc1ccccc1)[C@H]1O[C@@H](n2ncc(N)nc2=O)C(O)(C#CCF)[C@H]1O. The van der Waals surface area contributed by atoms with Crippen LogP contribution in [-0.4, -0.2) is 217 Å². The number of nitrogens with zero attached hydrogens (tertiary/aromatic N) is 8. The van der Waals surface area contributed by atoms with E-state index in [2.05, 4.69) is 25.0 Å². The van der Waals surface area contributed by atoms with Crippen molar-refractivity contribution in [2.24, 2.45) is 17.8 Å². The van der Waals surface area contributed by atoms with Crippen molar-refractivity contribution in [1.29, 1.82) is 0 Å². The maximum atomic E-state index is 14.2. The van der Waals surface area contributed by atoms with E-state index in [9.17, 15) is 90.7 Å². The Hall–Kier alpha value is -10.0. The van der Waals surface area contributed by atoms with Gasteiger partial charge in [0.15, 0.2) is 41.5 Å². The number of nitrogens with two attached hydrogens (primary N) is 3.